The van der Waals surface area contributed by atoms with Crippen LogP contribution in [0.3, 0.4) is 0 Å². The molecule has 5 heteroatoms. The zero-order valence-corrected chi connectivity index (χ0v) is 13.2. The minimum atomic E-state index is 0.140. The van der Waals surface area contributed by atoms with Gasteiger partial charge in [0.25, 0.3) is 0 Å². The molecule has 23 heavy (non-hydrogen) atoms. The van der Waals surface area contributed by atoms with Gasteiger partial charge in [-0.1, -0.05) is 60.7 Å². The molecule has 1 heterocycles. The quantitative estimate of drug-likeness (QED) is 0.391. The second kappa shape index (κ2) is 6.89. The molecule has 0 bridgehead atoms. The van der Waals surface area contributed by atoms with Crippen molar-refractivity contribution in [2.24, 2.45) is 10.8 Å². The van der Waals surface area contributed by atoms with Gasteiger partial charge in [0.05, 0.1) is 11.9 Å². The highest BCUT2D eigenvalue weighted by Gasteiger charge is 2.10. The van der Waals surface area contributed by atoms with Crippen molar-refractivity contribution in [1.82, 2.24) is 10.4 Å². The highest BCUT2D eigenvalue weighted by molar-refractivity contribution is 7.80. The van der Waals surface area contributed by atoms with Crippen LogP contribution in [0.15, 0.2) is 71.8 Å². The number of thiocarbonyl (C=S) groups is 1. The van der Waals surface area contributed by atoms with E-state index in [1.807, 2.05) is 36.4 Å². The summed E-state index contributed by atoms with van der Waals surface area (Å²) in [7, 11) is 0. The number of aromatic amines is 1. The topological polar surface area (TPSA) is 66.2 Å². The molecule has 2 aromatic carbocycles. The van der Waals surface area contributed by atoms with Gasteiger partial charge in [-0.25, -0.2) is 0 Å². The Hall–Kier alpha value is -2.92. The average molecular weight is 320 g/mol. The van der Waals surface area contributed by atoms with Crippen LogP contribution in [0.5, 0.6) is 0 Å². The van der Waals surface area contributed by atoms with Crippen molar-refractivity contribution < 1.29 is 0 Å². The lowest BCUT2D eigenvalue weighted by Crippen LogP contribution is -2.23. The lowest BCUT2D eigenvalue weighted by Gasteiger charge is -2.01. The third kappa shape index (κ3) is 3.64. The van der Waals surface area contributed by atoms with Crippen LogP contribution < -0.4 is 11.2 Å². The fourth-order valence-corrected chi connectivity index (χ4v) is 2.41. The normalized spacial score (nSPS) is 10.8. The Kier molecular flexibility index (Phi) is 4.49. The first-order chi connectivity index (χ1) is 11.2. The van der Waals surface area contributed by atoms with E-state index >= 15 is 0 Å². The second-order valence-electron chi connectivity index (χ2n) is 4.98. The first kappa shape index (κ1) is 15.0. The number of H-pyrrole nitrogens is 1. The highest BCUT2D eigenvalue weighted by Crippen LogP contribution is 2.27. The highest BCUT2D eigenvalue weighted by atomic mass is 32.1. The number of hydrazone groups is 1. The Bertz CT molecular complexity index is 823. The van der Waals surface area contributed by atoms with Gasteiger partial charge in [0, 0.05) is 11.3 Å². The molecule has 0 saturated carbocycles. The standard InChI is InChI=1S/C18H16N4S/c19-18(23)22-20-12-15-11-16(13-7-3-1-4-8-13)21-17(15)14-9-5-2-6-10-14/h1-12,21H,(H3,19,22,23). The summed E-state index contributed by atoms with van der Waals surface area (Å²) in [6.45, 7) is 0. The van der Waals surface area contributed by atoms with Crippen molar-refractivity contribution in [3.63, 3.8) is 0 Å². The predicted molar refractivity (Wildman–Crippen MR) is 99.2 cm³/mol. The van der Waals surface area contributed by atoms with Crippen molar-refractivity contribution >= 4 is 23.5 Å². The summed E-state index contributed by atoms with van der Waals surface area (Å²) in [5, 5.41) is 4.21. The Morgan fingerprint density at radius 1 is 1.00 bits per heavy atom. The fraction of sp³-hybridized carbons (Fsp3) is 0. The molecule has 0 aliphatic rings. The van der Waals surface area contributed by atoms with E-state index in [1.165, 1.54) is 0 Å². The smallest absolute Gasteiger partial charge is 0.184 e. The number of aromatic nitrogens is 1. The van der Waals surface area contributed by atoms with Crippen LogP contribution in [-0.2, 0) is 0 Å². The number of nitrogens with zero attached hydrogens (tertiary/aromatic N) is 1. The largest absolute Gasteiger partial charge is 0.375 e. The molecule has 0 atom stereocenters. The van der Waals surface area contributed by atoms with Gasteiger partial charge in [-0.2, -0.15) is 5.10 Å². The van der Waals surface area contributed by atoms with Gasteiger partial charge >= 0.3 is 0 Å². The molecule has 3 rings (SSSR count). The lowest BCUT2D eigenvalue weighted by atomic mass is 10.1. The molecule has 1 aromatic heterocycles. The van der Waals surface area contributed by atoms with Gasteiger partial charge in [0.2, 0.25) is 0 Å². The molecular formula is C18H16N4S. The molecule has 0 unspecified atom stereocenters. The molecule has 0 radical (unpaired) electrons. The summed E-state index contributed by atoms with van der Waals surface area (Å²) in [6, 6.07) is 22.3. The van der Waals surface area contributed by atoms with E-state index in [4.69, 9.17) is 18.0 Å². The van der Waals surface area contributed by atoms with Crippen LogP contribution in [0.1, 0.15) is 5.56 Å². The van der Waals surface area contributed by atoms with Crippen molar-refractivity contribution in [3.8, 4) is 22.5 Å². The van der Waals surface area contributed by atoms with Gasteiger partial charge in [0.1, 0.15) is 0 Å². The molecule has 0 aliphatic carbocycles. The molecule has 3 aromatic rings. The van der Waals surface area contributed by atoms with E-state index in [1.54, 1.807) is 6.21 Å². The maximum Gasteiger partial charge on any atom is 0.184 e. The number of benzene rings is 2. The predicted octanol–water partition coefficient (Wildman–Crippen LogP) is 3.52. The summed E-state index contributed by atoms with van der Waals surface area (Å²) < 4.78 is 0. The summed E-state index contributed by atoms with van der Waals surface area (Å²) in [5.74, 6) is 0. The van der Waals surface area contributed by atoms with Crippen LogP contribution in [0, 0.1) is 0 Å². The van der Waals surface area contributed by atoms with Crippen LogP contribution >= 0.6 is 12.2 Å². The van der Waals surface area contributed by atoms with Gasteiger partial charge in [-0.15, -0.1) is 0 Å². The molecule has 0 spiro atoms. The molecule has 4 N–H and O–H groups in total. The van der Waals surface area contributed by atoms with E-state index in [0.29, 0.717) is 0 Å². The zero-order valence-electron chi connectivity index (χ0n) is 12.4. The van der Waals surface area contributed by atoms with Crippen LogP contribution in [0.4, 0.5) is 0 Å². The number of rotatable bonds is 4. The van der Waals surface area contributed by atoms with E-state index < -0.39 is 0 Å². The minimum absolute atomic E-state index is 0.140. The number of nitrogens with two attached hydrogens (primary N) is 1. The Balaban J connectivity index is 2.03. The van der Waals surface area contributed by atoms with Crippen molar-refractivity contribution in [3.05, 3.63) is 72.3 Å². The van der Waals surface area contributed by atoms with Gasteiger partial charge < -0.3 is 10.7 Å². The van der Waals surface area contributed by atoms with Gasteiger partial charge in [0.15, 0.2) is 5.11 Å². The van der Waals surface area contributed by atoms with E-state index in [-0.39, 0.29) is 5.11 Å². The Labute approximate surface area is 140 Å². The maximum atomic E-state index is 5.40. The average Bonchev–Trinajstić information content (AvgIpc) is 3.00. The minimum Gasteiger partial charge on any atom is -0.375 e. The summed E-state index contributed by atoms with van der Waals surface area (Å²) in [5.41, 5.74) is 13.2. The van der Waals surface area contributed by atoms with Gasteiger partial charge in [-0.05, 0) is 29.4 Å². The van der Waals surface area contributed by atoms with Crippen LogP contribution in [0.2, 0.25) is 0 Å². The summed E-state index contributed by atoms with van der Waals surface area (Å²) in [4.78, 5) is 3.47. The Morgan fingerprint density at radius 2 is 1.61 bits per heavy atom. The van der Waals surface area contributed by atoms with E-state index in [0.717, 1.165) is 28.1 Å². The second-order valence-corrected chi connectivity index (χ2v) is 5.42. The summed E-state index contributed by atoms with van der Waals surface area (Å²) in [6.07, 6.45) is 1.71. The Morgan fingerprint density at radius 3 is 2.22 bits per heavy atom. The first-order valence-corrected chi connectivity index (χ1v) is 7.57. The number of nitrogens with one attached hydrogen (secondary N) is 2. The first-order valence-electron chi connectivity index (χ1n) is 7.16. The molecule has 114 valence electrons. The van der Waals surface area contributed by atoms with Crippen LogP contribution in [-0.4, -0.2) is 16.3 Å². The molecule has 0 aliphatic heterocycles. The van der Waals surface area contributed by atoms with E-state index in [2.05, 4.69) is 45.8 Å². The van der Waals surface area contributed by atoms with Crippen molar-refractivity contribution in [1.29, 1.82) is 0 Å². The molecule has 0 fully saturated rings. The van der Waals surface area contributed by atoms with Crippen molar-refractivity contribution in [2.45, 2.75) is 0 Å². The number of hydrogen-bond acceptors (Lipinski definition) is 2. The van der Waals surface area contributed by atoms with E-state index in [9.17, 15) is 0 Å². The fourth-order valence-electron chi connectivity index (χ4n) is 2.35. The third-order valence-corrected chi connectivity index (χ3v) is 3.47. The lowest BCUT2D eigenvalue weighted by molar-refractivity contribution is 1.04. The monoisotopic (exact) mass is 320 g/mol. The SMILES string of the molecule is NC(=S)NN=Cc1cc(-c2ccccc2)[nH]c1-c1ccccc1. The number of hydrogen-bond donors (Lipinski definition) is 3. The maximum absolute atomic E-state index is 5.40. The third-order valence-electron chi connectivity index (χ3n) is 3.37. The molecule has 4 nitrogen and oxygen atoms in total. The molecule has 0 saturated heterocycles. The molecule has 0 amide bonds. The molecular weight excluding hydrogens is 304 g/mol. The van der Waals surface area contributed by atoms with Crippen molar-refractivity contribution in [2.75, 3.05) is 0 Å². The van der Waals surface area contributed by atoms with Gasteiger partial charge in [-0.3, -0.25) is 5.43 Å². The zero-order chi connectivity index (χ0) is 16.1. The summed E-state index contributed by atoms with van der Waals surface area (Å²) >= 11 is 4.76. The van der Waals surface area contributed by atoms with Crippen LogP contribution in [0.25, 0.3) is 22.5 Å².